The van der Waals surface area contributed by atoms with Gasteiger partial charge in [0.2, 0.25) is 0 Å². The highest BCUT2D eigenvalue weighted by Gasteiger charge is 2.01. The maximum Gasteiger partial charge on any atom is 0.0563 e. The van der Waals surface area contributed by atoms with Gasteiger partial charge in [0.1, 0.15) is 0 Å². The summed E-state index contributed by atoms with van der Waals surface area (Å²) in [5.74, 6) is 2.44. The van der Waals surface area contributed by atoms with Gasteiger partial charge in [0.25, 0.3) is 0 Å². The first kappa shape index (κ1) is 12.0. The van der Waals surface area contributed by atoms with Crippen molar-refractivity contribution in [2.24, 2.45) is 0 Å². The molecule has 2 nitrogen and oxygen atoms in total. The van der Waals surface area contributed by atoms with Crippen LogP contribution in [0.15, 0.2) is 0 Å². The predicted molar refractivity (Wildman–Crippen MR) is 56.7 cm³/mol. The van der Waals surface area contributed by atoms with E-state index < -0.39 is 0 Å². The van der Waals surface area contributed by atoms with Gasteiger partial charge in [0.05, 0.1) is 17.8 Å². The number of hydrogen-bond donors (Lipinski definition) is 3. The number of hydrogen-bond acceptors (Lipinski definition) is 5. The lowest BCUT2D eigenvalue weighted by Crippen LogP contribution is -2.01. The lowest BCUT2D eigenvalue weighted by molar-refractivity contribution is 0.322. The molecule has 0 aromatic heterocycles. The van der Waals surface area contributed by atoms with Crippen molar-refractivity contribution < 1.29 is 10.2 Å². The van der Waals surface area contributed by atoms with Gasteiger partial charge in [-0.05, 0) is 0 Å². The van der Waals surface area contributed by atoms with E-state index in [2.05, 4.69) is 12.6 Å². The molecule has 0 saturated carbocycles. The van der Waals surface area contributed by atoms with E-state index in [1.165, 1.54) is 0 Å². The Morgan fingerprint density at radius 1 is 1.18 bits per heavy atom. The highest BCUT2D eigenvalue weighted by atomic mass is 32.2. The smallest absolute Gasteiger partial charge is 0.0563 e. The van der Waals surface area contributed by atoms with Crippen LogP contribution in [0, 0.1) is 0 Å². The number of thiol groups is 1. The topological polar surface area (TPSA) is 40.5 Å². The second-order valence-electron chi connectivity index (χ2n) is 1.85. The fourth-order valence-corrected chi connectivity index (χ4v) is 2.67. The zero-order valence-electron chi connectivity index (χ0n) is 6.27. The van der Waals surface area contributed by atoms with E-state index in [-0.39, 0.29) is 17.8 Å². The van der Waals surface area contributed by atoms with Crippen LogP contribution in [0.3, 0.4) is 0 Å². The standard InChI is InChI=1S/C6H14O2S3/c7-1-3-10-5-6(9)11-4-2-8/h6-9H,1-5H2. The van der Waals surface area contributed by atoms with Crippen molar-refractivity contribution in [2.45, 2.75) is 4.58 Å². The summed E-state index contributed by atoms with van der Waals surface area (Å²) in [6.45, 7) is 0.447. The fraction of sp³-hybridized carbons (Fsp3) is 1.00. The Labute approximate surface area is 81.6 Å². The number of thioether (sulfide) groups is 2. The zero-order valence-corrected chi connectivity index (χ0v) is 8.80. The van der Waals surface area contributed by atoms with E-state index in [4.69, 9.17) is 10.2 Å². The van der Waals surface area contributed by atoms with Crippen molar-refractivity contribution in [3.8, 4) is 0 Å². The van der Waals surface area contributed by atoms with E-state index in [1.54, 1.807) is 23.5 Å². The van der Waals surface area contributed by atoms with Crippen molar-refractivity contribution in [3.05, 3.63) is 0 Å². The lowest BCUT2D eigenvalue weighted by atomic mass is 10.9. The van der Waals surface area contributed by atoms with E-state index in [0.29, 0.717) is 0 Å². The minimum absolute atomic E-state index is 0.215. The highest BCUT2D eigenvalue weighted by molar-refractivity contribution is 8.12. The quantitative estimate of drug-likeness (QED) is 0.331. The monoisotopic (exact) mass is 214 g/mol. The van der Waals surface area contributed by atoms with E-state index in [9.17, 15) is 0 Å². The summed E-state index contributed by atoms with van der Waals surface area (Å²) in [7, 11) is 0. The van der Waals surface area contributed by atoms with Gasteiger partial charge in [-0.3, -0.25) is 0 Å². The van der Waals surface area contributed by atoms with Gasteiger partial charge in [-0.2, -0.15) is 24.4 Å². The van der Waals surface area contributed by atoms with E-state index in [1.807, 2.05) is 0 Å². The molecule has 0 aliphatic heterocycles. The molecule has 0 aromatic carbocycles. The zero-order chi connectivity index (χ0) is 8.53. The molecule has 0 heterocycles. The summed E-state index contributed by atoms with van der Waals surface area (Å²) < 4.78 is 0.277. The van der Waals surface area contributed by atoms with Gasteiger partial charge in [-0.1, -0.05) is 0 Å². The summed E-state index contributed by atoms with van der Waals surface area (Å²) in [5, 5.41) is 16.9. The van der Waals surface area contributed by atoms with Crippen molar-refractivity contribution in [3.63, 3.8) is 0 Å². The molecule has 0 aliphatic carbocycles. The summed E-state index contributed by atoms with van der Waals surface area (Å²) in [6.07, 6.45) is 0. The molecule has 11 heavy (non-hydrogen) atoms. The van der Waals surface area contributed by atoms with Crippen LogP contribution in [0.4, 0.5) is 0 Å². The van der Waals surface area contributed by atoms with Crippen LogP contribution in [0.25, 0.3) is 0 Å². The van der Waals surface area contributed by atoms with Crippen LogP contribution in [-0.4, -0.2) is 45.3 Å². The molecule has 0 bridgehead atoms. The number of rotatable bonds is 7. The number of aliphatic hydroxyl groups is 2. The fourth-order valence-electron chi connectivity index (χ4n) is 0.486. The van der Waals surface area contributed by atoms with Gasteiger partial charge in [-0.25, -0.2) is 0 Å². The van der Waals surface area contributed by atoms with E-state index in [0.717, 1.165) is 17.3 Å². The molecule has 2 N–H and O–H groups in total. The first-order chi connectivity index (χ1) is 5.31. The Balaban J connectivity index is 3.02. The predicted octanol–water partition coefficient (Wildman–Crippen LogP) is 0.693. The third-order valence-corrected chi connectivity index (χ3v) is 4.00. The van der Waals surface area contributed by atoms with Gasteiger partial charge < -0.3 is 10.2 Å². The molecule has 0 aliphatic rings. The molecule has 0 radical (unpaired) electrons. The first-order valence-corrected chi connectivity index (χ1v) is 6.12. The third-order valence-electron chi connectivity index (χ3n) is 0.898. The van der Waals surface area contributed by atoms with Crippen molar-refractivity contribution in [2.75, 3.05) is 30.5 Å². The Bertz CT molecular complexity index is 82.2. The minimum atomic E-state index is 0.215. The van der Waals surface area contributed by atoms with Crippen molar-refractivity contribution in [1.82, 2.24) is 0 Å². The maximum atomic E-state index is 8.49. The molecule has 1 atom stereocenters. The molecule has 1 unspecified atom stereocenters. The summed E-state index contributed by atoms with van der Waals surface area (Å²) in [4.78, 5) is 0. The number of aliphatic hydroxyl groups excluding tert-OH is 2. The molecule has 0 fully saturated rings. The average Bonchev–Trinajstić information content (AvgIpc) is 2.01. The molecular formula is C6H14O2S3. The molecule has 0 rings (SSSR count). The van der Waals surface area contributed by atoms with Crippen LogP contribution >= 0.6 is 36.2 Å². The van der Waals surface area contributed by atoms with Gasteiger partial charge in [0.15, 0.2) is 0 Å². The normalized spacial score (nSPS) is 13.4. The first-order valence-electron chi connectivity index (χ1n) is 3.40. The highest BCUT2D eigenvalue weighted by Crippen LogP contribution is 2.18. The Kier molecular flexibility index (Phi) is 9.86. The molecule has 0 amide bonds. The molecule has 68 valence electrons. The molecule has 0 spiro atoms. The molecule has 0 aromatic rings. The Morgan fingerprint density at radius 2 is 1.82 bits per heavy atom. The second-order valence-corrected chi connectivity index (χ2v) is 5.28. The van der Waals surface area contributed by atoms with Crippen LogP contribution in [0.5, 0.6) is 0 Å². The third kappa shape index (κ3) is 8.88. The van der Waals surface area contributed by atoms with Crippen LogP contribution in [0.1, 0.15) is 0 Å². The lowest BCUT2D eigenvalue weighted by Gasteiger charge is -2.07. The van der Waals surface area contributed by atoms with Crippen LogP contribution < -0.4 is 0 Å². The van der Waals surface area contributed by atoms with Gasteiger partial charge in [-0.15, -0.1) is 11.8 Å². The van der Waals surface area contributed by atoms with Crippen molar-refractivity contribution in [1.29, 1.82) is 0 Å². The molecule has 0 saturated heterocycles. The SMILES string of the molecule is OCCSCC(S)SCCO. The summed E-state index contributed by atoms with van der Waals surface area (Å²) in [5.41, 5.74) is 0. The molecule has 5 heteroatoms. The van der Waals surface area contributed by atoms with Gasteiger partial charge >= 0.3 is 0 Å². The van der Waals surface area contributed by atoms with Crippen molar-refractivity contribution >= 4 is 36.2 Å². The second kappa shape index (κ2) is 9.06. The maximum absolute atomic E-state index is 8.49. The van der Waals surface area contributed by atoms with Crippen LogP contribution in [-0.2, 0) is 0 Å². The summed E-state index contributed by atoms with van der Waals surface area (Å²) in [6, 6.07) is 0. The minimum Gasteiger partial charge on any atom is -0.396 e. The average molecular weight is 214 g/mol. The Morgan fingerprint density at radius 3 is 2.36 bits per heavy atom. The largest absolute Gasteiger partial charge is 0.396 e. The summed E-state index contributed by atoms with van der Waals surface area (Å²) >= 11 is 7.61. The Hall–Kier alpha value is 0.970. The van der Waals surface area contributed by atoms with Gasteiger partial charge in [0, 0.05) is 17.3 Å². The molecular weight excluding hydrogens is 200 g/mol. The van der Waals surface area contributed by atoms with E-state index >= 15 is 0 Å². The van der Waals surface area contributed by atoms with Crippen LogP contribution in [0.2, 0.25) is 0 Å².